The van der Waals surface area contributed by atoms with E-state index in [1.54, 1.807) is 12.1 Å². The minimum Gasteiger partial charge on any atom is -0.441 e. The summed E-state index contributed by atoms with van der Waals surface area (Å²) in [5.74, 6) is -0.152. The Morgan fingerprint density at radius 2 is 1.00 bits per heavy atom. The zero-order valence-electron chi connectivity index (χ0n) is 15.7. The van der Waals surface area contributed by atoms with Gasteiger partial charge >= 0.3 is 5.97 Å². The Labute approximate surface area is 169 Å². The van der Waals surface area contributed by atoms with Crippen molar-refractivity contribution in [2.24, 2.45) is 0 Å². The molecule has 0 unspecified atom stereocenters. The lowest BCUT2D eigenvalue weighted by Crippen LogP contribution is -2.45. The average molecular weight is 374 g/mol. The number of carbonyl (C=O) groups excluding carboxylic acids is 1. The van der Waals surface area contributed by atoms with Gasteiger partial charge in [-0.3, -0.25) is 0 Å². The predicted octanol–water partition coefficient (Wildman–Crippen LogP) is 5.64. The van der Waals surface area contributed by atoms with Gasteiger partial charge in [0.2, 0.25) is 0 Å². The van der Waals surface area contributed by atoms with Crippen molar-refractivity contribution in [3.63, 3.8) is 0 Å². The van der Waals surface area contributed by atoms with Crippen molar-refractivity contribution in [2.75, 3.05) is 0 Å². The third-order valence-electron chi connectivity index (χ3n) is 6.21. The maximum Gasteiger partial charge on any atom is 0.339 e. The van der Waals surface area contributed by atoms with E-state index in [2.05, 4.69) is 54.6 Å². The average Bonchev–Trinajstić information content (AvgIpc) is 2.80. The van der Waals surface area contributed by atoms with Crippen LogP contribution in [-0.2, 0) is 10.3 Å². The molecule has 2 heteroatoms. The lowest BCUT2D eigenvalue weighted by Gasteiger charge is -2.49. The standard InChI is InChI=1S/C27H18O2/c28-26(18-10-2-1-3-11-18)29-27-22-15-7-4-12-19(22)25(20-13-5-8-16-23(20)27)21-14-6-9-17-24(21)27/h1-17,25H. The summed E-state index contributed by atoms with van der Waals surface area (Å²) < 4.78 is 6.49. The Bertz CT molecular complexity index is 1140. The lowest BCUT2D eigenvalue weighted by atomic mass is 9.58. The SMILES string of the molecule is O=C(OC12c3ccccc3C(c3ccccc31)c1ccccc12)c1ccccc1. The molecule has 0 heterocycles. The van der Waals surface area contributed by atoms with Gasteiger partial charge in [-0.15, -0.1) is 0 Å². The molecular formula is C27H18O2. The van der Waals surface area contributed by atoms with Crippen LogP contribution in [0.5, 0.6) is 0 Å². The van der Waals surface area contributed by atoms with E-state index in [-0.39, 0.29) is 11.9 Å². The summed E-state index contributed by atoms with van der Waals surface area (Å²) in [6.45, 7) is 0. The van der Waals surface area contributed by atoms with Crippen molar-refractivity contribution in [3.8, 4) is 0 Å². The van der Waals surface area contributed by atoms with Crippen LogP contribution in [0.1, 0.15) is 49.7 Å². The molecule has 0 radical (unpaired) electrons. The zero-order chi connectivity index (χ0) is 19.4. The first-order valence-electron chi connectivity index (χ1n) is 9.87. The van der Waals surface area contributed by atoms with E-state index in [9.17, 15) is 4.79 Å². The predicted molar refractivity (Wildman–Crippen MR) is 112 cm³/mol. The van der Waals surface area contributed by atoms with E-state index < -0.39 is 5.60 Å². The van der Waals surface area contributed by atoms with Crippen LogP contribution in [0, 0.1) is 0 Å². The second-order valence-corrected chi connectivity index (χ2v) is 7.63. The molecule has 3 aliphatic carbocycles. The zero-order valence-corrected chi connectivity index (χ0v) is 15.7. The normalized spacial score (nSPS) is 20.3. The molecule has 0 N–H and O–H groups in total. The summed E-state index contributed by atoms with van der Waals surface area (Å²) >= 11 is 0. The number of rotatable bonds is 2. The van der Waals surface area contributed by atoms with Crippen LogP contribution < -0.4 is 0 Å². The number of ether oxygens (including phenoxy) is 1. The van der Waals surface area contributed by atoms with E-state index in [0.29, 0.717) is 5.56 Å². The van der Waals surface area contributed by atoms with Crippen molar-refractivity contribution in [1.29, 1.82) is 0 Å². The highest BCUT2D eigenvalue weighted by molar-refractivity contribution is 5.91. The van der Waals surface area contributed by atoms with Crippen LogP contribution in [0.25, 0.3) is 0 Å². The molecule has 0 aliphatic heterocycles. The van der Waals surface area contributed by atoms with Crippen LogP contribution in [0.4, 0.5) is 0 Å². The van der Waals surface area contributed by atoms with Crippen molar-refractivity contribution in [2.45, 2.75) is 11.5 Å². The van der Waals surface area contributed by atoms with Gasteiger partial charge in [0.05, 0.1) is 5.56 Å². The van der Waals surface area contributed by atoms with Crippen LogP contribution in [-0.4, -0.2) is 5.97 Å². The molecule has 0 saturated heterocycles. The van der Waals surface area contributed by atoms with E-state index >= 15 is 0 Å². The first-order chi connectivity index (χ1) is 14.3. The van der Waals surface area contributed by atoms with Crippen LogP contribution >= 0.6 is 0 Å². The molecule has 0 amide bonds. The number of hydrogen-bond acceptors (Lipinski definition) is 2. The number of carbonyl (C=O) groups is 1. The molecule has 2 bridgehead atoms. The summed E-state index contributed by atoms with van der Waals surface area (Å²) in [6, 6.07) is 34.3. The molecule has 29 heavy (non-hydrogen) atoms. The van der Waals surface area contributed by atoms with Gasteiger partial charge in [0.1, 0.15) is 0 Å². The van der Waals surface area contributed by atoms with Crippen LogP contribution in [0.2, 0.25) is 0 Å². The molecule has 0 aromatic heterocycles. The van der Waals surface area contributed by atoms with Crippen molar-refractivity contribution < 1.29 is 9.53 Å². The summed E-state index contributed by atoms with van der Waals surface area (Å²) in [7, 11) is 0. The van der Waals surface area contributed by atoms with Crippen molar-refractivity contribution >= 4 is 5.97 Å². The van der Waals surface area contributed by atoms with E-state index in [4.69, 9.17) is 4.74 Å². The first-order valence-corrected chi connectivity index (χ1v) is 9.87. The number of benzene rings is 4. The highest BCUT2D eigenvalue weighted by Gasteiger charge is 2.54. The Morgan fingerprint density at radius 3 is 1.48 bits per heavy atom. The van der Waals surface area contributed by atoms with Gasteiger partial charge in [-0.2, -0.15) is 0 Å². The topological polar surface area (TPSA) is 26.3 Å². The first kappa shape index (κ1) is 16.3. The third kappa shape index (κ3) is 2.09. The molecule has 4 aromatic rings. The minimum atomic E-state index is -0.939. The Morgan fingerprint density at radius 1 is 0.586 bits per heavy atom. The van der Waals surface area contributed by atoms with E-state index in [1.165, 1.54) is 16.7 Å². The summed E-state index contributed by atoms with van der Waals surface area (Å²) in [6.07, 6.45) is 0. The Kier molecular flexibility index (Phi) is 3.33. The van der Waals surface area contributed by atoms with Gasteiger partial charge in [-0.25, -0.2) is 4.79 Å². The number of esters is 1. The number of hydrogen-bond donors (Lipinski definition) is 0. The molecule has 4 aromatic carbocycles. The van der Waals surface area contributed by atoms with Crippen molar-refractivity contribution in [1.82, 2.24) is 0 Å². The van der Waals surface area contributed by atoms with Crippen LogP contribution in [0.3, 0.4) is 0 Å². The van der Waals surface area contributed by atoms with Gasteiger partial charge in [-0.1, -0.05) is 91.0 Å². The second-order valence-electron chi connectivity index (χ2n) is 7.63. The smallest absolute Gasteiger partial charge is 0.339 e. The molecular weight excluding hydrogens is 356 g/mol. The van der Waals surface area contributed by atoms with E-state index in [1.807, 2.05) is 36.4 Å². The van der Waals surface area contributed by atoms with E-state index in [0.717, 1.165) is 16.7 Å². The summed E-state index contributed by atoms with van der Waals surface area (Å²) in [5.41, 5.74) is 6.44. The monoisotopic (exact) mass is 374 g/mol. The molecule has 3 aliphatic rings. The quantitative estimate of drug-likeness (QED) is 0.424. The molecule has 0 fully saturated rings. The summed E-state index contributed by atoms with van der Waals surface area (Å²) in [4.78, 5) is 13.3. The van der Waals surface area contributed by atoms with Gasteiger partial charge in [0, 0.05) is 22.6 Å². The molecule has 138 valence electrons. The van der Waals surface area contributed by atoms with Gasteiger partial charge < -0.3 is 4.74 Å². The fourth-order valence-corrected chi connectivity index (χ4v) is 5.08. The minimum absolute atomic E-state index is 0.163. The largest absolute Gasteiger partial charge is 0.441 e. The maximum atomic E-state index is 13.3. The molecule has 0 spiro atoms. The van der Waals surface area contributed by atoms with Crippen molar-refractivity contribution in [3.05, 3.63) is 142 Å². The van der Waals surface area contributed by atoms with Gasteiger partial charge in [-0.05, 0) is 28.8 Å². The third-order valence-corrected chi connectivity index (χ3v) is 6.21. The summed E-state index contributed by atoms with van der Waals surface area (Å²) in [5, 5.41) is 0. The Hall–Kier alpha value is -3.65. The second kappa shape index (κ2) is 5.92. The molecule has 0 atom stereocenters. The Balaban J connectivity index is 1.67. The fourth-order valence-electron chi connectivity index (χ4n) is 5.08. The van der Waals surface area contributed by atoms with Gasteiger partial charge in [0.15, 0.2) is 5.60 Å². The molecule has 7 rings (SSSR count). The maximum absolute atomic E-state index is 13.3. The molecule has 2 nitrogen and oxygen atoms in total. The lowest BCUT2D eigenvalue weighted by molar-refractivity contribution is 0.0107. The molecule has 0 saturated carbocycles. The highest BCUT2D eigenvalue weighted by atomic mass is 16.6. The van der Waals surface area contributed by atoms with Crippen LogP contribution in [0.15, 0.2) is 103 Å². The fraction of sp³-hybridized carbons (Fsp3) is 0.0741. The van der Waals surface area contributed by atoms with Gasteiger partial charge in [0.25, 0.3) is 0 Å². The highest BCUT2D eigenvalue weighted by Crippen LogP contribution is 2.59.